The van der Waals surface area contributed by atoms with Crippen molar-refractivity contribution in [3.8, 4) is 0 Å². The number of rotatable bonds is 4. The van der Waals surface area contributed by atoms with Crippen molar-refractivity contribution in [2.75, 3.05) is 13.2 Å². The maximum Gasteiger partial charge on any atom is 0.314 e. The maximum atomic E-state index is 13.7. The number of esters is 1. The van der Waals surface area contributed by atoms with Gasteiger partial charge in [-0.3, -0.25) is 4.79 Å². The largest absolute Gasteiger partial charge is 0.432 e. The van der Waals surface area contributed by atoms with E-state index in [4.69, 9.17) is 9.47 Å². The minimum atomic E-state index is -1.70. The Morgan fingerprint density at radius 3 is 2.35 bits per heavy atom. The molecule has 4 saturated carbocycles. The highest BCUT2D eigenvalue weighted by Crippen LogP contribution is 2.73. The summed E-state index contributed by atoms with van der Waals surface area (Å²) in [6.07, 6.45) is -6.09. The fourth-order valence-corrected chi connectivity index (χ4v) is 9.56. The lowest BCUT2D eigenvalue weighted by molar-refractivity contribution is -0.298. The molecule has 0 aromatic rings. The Morgan fingerprint density at radius 1 is 1.00 bits per heavy atom. The molecule has 1 spiro atoms. The molecule has 0 unspecified atom stereocenters. The van der Waals surface area contributed by atoms with Gasteiger partial charge < -0.3 is 50.3 Å². The van der Waals surface area contributed by atoms with Gasteiger partial charge >= 0.3 is 5.97 Å². The molecule has 8 N–H and O–H groups in total. The highest BCUT2D eigenvalue weighted by molar-refractivity contribution is 5.77. The zero-order chi connectivity index (χ0) is 27.1. The lowest BCUT2D eigenvalue weighted by atomic mass is 9.40. The fourth-order valence-electron chi connectivity index (χ4n) is 9.56. The second-order valence-corrected chi connectivity index (χ2v) is 12.9. The topological polar surface area (TPSA) is 197 Å². The number of hydrogen-bond donors (Lipinski definition) is 8. The highest BCUT2D eigenvalue weighted by atomic mass is 16.7. The molecule has 0 radical (unpaired) electrons. The van der Waals surface area contributed by atoms with Crippen molar-refractivity contribution in [3.05, 3.63) is 0 Å². The molecule has 0 aromatic carbocycles. The molecule has 1 saturated heterocycles. The minimum Gasteiger partial charge on any atom is -0.432 e. The van der Waals surface area contributed by atoms with Crippen molar-refractivity contribution in [2.24, 2.45) is 34.0 Å². The predicted molar refractivity (Wildman–Crippen MR) is 125 cm³/mol. The molecule has 1 heterocycles. The number of ether oxygens (including phenoxy) is 2. The van der Waals surface area contributed by atoms with Gasteiger partial charge in [-0.25, -0.2) is 0 Å². The van der Waals surface area contributed by atoms with E-state index in [0.29, 0.717) is 38.5 Å². The van der Waals surface area contributed by atoms with Gasteiger partial charge in [0.15, 0.2) is 0 Å². The van der Waals surface area contributed by atoms with E-state index in [-0.39, 0.29) is 12.3 Å². The fraction of sp³-hybridized carbons (Fsp3) is 0.962. The predicted octanol–water partition coefficient (Wildman–Crippen LogP) is -1.59. The van der Waals surface area contributed by atoms with Crippen molar-refractivity contribution < 1.29 is 55.1 Å². The standard InChI is InChI=1S/C26H42O11/c1-23-5-3-6-24(2,22(34)37-20-18(32)17(31)16(30)14(10-27)36-20)15(23)4-7-25-9-12(8-13(29)19(23)25)26(35,11-28)21(25)33/h12-21,27-33,35H,3-11H2,1-2H3/t12-,13+,14-,15+,16-,17+,18-,19+,20-,21+,23-,24-,25-,26-/m1/s1. The normalized spacial score (nSPS) is 57.4. The Morgan fingerprint density at radius 2 is 1.70 bits per heavy atom. The molecule has 14 atom stereocenters. The molecule has 0 amide bonds. The van der Waals surface area contributed by atoms with Gasteiger partial charge in [-0.15, -0.1) is 0 Å². The van der Waals surface area contributed by atoms with Gasteiger partial charge in [-0.05, 0) is 68.6 Å². The molecule has 37 heavy (non-hydrogen) atoms. The molecule has 4 aliphatic carbocycles. The number of aliphatic hydroxyl groups excluding tert-OH is 7. The van der Waals surface area contributed by atoms with Gasteiger partial charge in [0.05, 0.1) is 30.8 Å². The molecule has 5 aliphatic rings. The van der Waals surface area contributed by atoms with Crippen LogP contribution < -0.4 is 0 Å². The van der Waals surface area contributed by atoms with Crippen LogP contribution in [0.1, 0.15) is 58.8 Å². The Labute approximate surface area is 216 Å². The third-order valence-electron chi connectivity index (χ3n) is 11.3. The number of aliphatic hydroxyl groups is 8. The van der Waals surface area contributed by atoms with Gasteiger partial charge in [0, 0.05) is 5.41 Å². The van der Waals surface area contributed by atoms with Crippen molar-refractivity contribution >= 4 is 5.97 Å². The Kier molecular flexibility index (Phi) is 6.78. The Balaban J connectivity index is 1.43. The van der Waals surface area contributed by atoms with Crippen molar-refractivity contribution in [2.45, 2.75) is 107 Å². The first kappa shape index (κ1) is 27.7. The van der Waals surface area contributed by atoms with Crippen LogP contribution in [0.3, 0.4) is 0 Å². The number of carbonyl (C=O) groups is 1. The number of fused-ring (bicyclic) bond motifs is 3. The molecule has 1 aliphatic heterocycles. The van der Waals surface area contributed by atoms with E-state index in [1.54, 1.807) is 6.92 Å². The molecular weight excluding hydrogens is 488 g/mol. The van der Waals surface area contributed by atoms with Gasteiger partial charge in [0.2, 0.25) is 6.29 Å². The monoisotopic (exact) mass is 530 g/mol. The second-order valence-electron chi connectivity index (χ2n) is 12.9. The van der Waals surface area contributed by atoms with E-state index in [0.717, 1.165) is 0 Å². The zero-order valence-corrected chi connectivity index (χ0v) is 21.4. The Hall–Kier alpha value is -0.890. The average molecular weight is 531 g/mol. The number of hydrogen-bond acceptors (Lipinski definition) is 11. The molecule has 5 fully saturated rings. The summed E-state index contributed by atoms with van der Waals surface area (Å²) >= 11 is 0. The first-order valence-corrected chi connectivity index (χ1v) is 13.5. The summed E-state index contributed by atoms with van der Waals surface area (Å²) in [5, 5.41) is 84.0. The Bertz CT molecular complexity index is 900. The van der Waals surface area contributed by atoms with Crippen molar-refractivity contribution in [3.63, 3.8) is 0 Å². The summed E-state index contributed by atoms with van der Waals surface area (Å²) in [6.45, 7) is 2.62. The van der Waals surface area contributed by atoms with E-state index in [2.05, 4.69) is 0 Å². The third-order valence-corrected chi connectivity index (χ3v) is 11.3. The van der Waals surface area contributed by atoms with Crippen LogP contribution >= 0.6 is 0 Å². The van der Waals surface area contributed by atoms with E-state index < -0.39 is 95.8 Å². The summed E-state index contributed by atoms with van der Waals surface area (Å²) in [4.78, 5) is 13.7. The summed E-state index contributed by atoms with van der Waals surface area (Å²) in [5.74, 6) is -1.69. The summed E-state index contributed by atoms with van der Waals surface area (Å²) in [7, 11) is 0. The second kappa shape index (κ2) is 9.07. The van der Waals surface area contributed by atoms with Crippen LogP contribution in [0.15, 0.2) is 0 Å². The van der Waals surface area contributed by atoms with Crippen molar-refractivity contribution in [1.29, 1.82) is 0 Å². The van der Waals surface area contributed by atoms with Crippen LogP contribution in [0, 0.1) is 34.0 Å². The summed E-state index contributed by atoms with van der Waals surface area (Å²) in [5.41, 5.74) is -4.05. The zero-order valence-electron chi connectivity index (χ0n) is 21.4. The maximum absolute atomic E-state index is 13.7. The molecule has 5 rings (SSSR count). The summed E-state index contributed by atoms with van der Waals surface area (Å²) < 4.78 is 11.0. The van der Waals surface area contributed by atoms with Crippen LogP contribution in [-0.2, 0) is 14.3 Å². The van der Waals surface area contributed by atoms with Crippen LogP contribution in [0.4, 0.5) is 0 Å². The first-order valence-electron chi connectivity index (χ1n) is 13.5. The van der Waals surface area contributed by atoms with E-state index in [1.165, 1.54) is 0 Å². The lowest BCUT2D eigenvalue weighted by Gasteiger charge is -2.64. The van der Waals surface area contributed by atoms with Gasteiger partial charge in [0.25, 0.3) is 0 Å². The first-order chi connectivity index (χ1) is 17.3. The number of carbonyl (C=O) groups excluding carboxylic acids is 1. The summed E-state index contributed by atoms with van der Waals surface area (Å²) in [6, 6.07) is 0. The SMILES string of the molecule is C[C@@]12CCC[C@@](C)(C(=O)O[C@H]3O[C@H](CO)[C@@H](O)[C@H](O)[C@H]3O)[C@H]1CC[C@@]13C[C@@H](C[C@H](O)[C@@H]21)[C@](O)(CO)[C@H]3O. The highest BCUT2D eigenvalue weighted by Gasteiger charge is 2.74. The van der Waals surface area contributed by atoms with Gasteiger partial charge in [-0.2, -0.15) is 0 Å². The molecule has 11 nitrogen and oxygen atoms in total. The van der Waals surface area contributed by atoms with Crippen LogP contribution in [0.25, 0.3) is 0 Å². The lowest BCUT2D eigenvalue weighted by Crippen LogP contribution is -2.64. The minimum absolute atomic E-state index is 0.247. The molecule has 212 valence electrons. The molecule has 11 heteroatoms. The third kappa shape index (κ3) is 3.62. The van der Waals surface area contributed by atoms with Crippen LogP contribution in [0.5, 0.6) is 0 Å². The van der Waals surface area contributed by atoms with Gasteiger partial charge in [0.1, 0.15) is 30.0 Å². The molecular formula is C26H42O11. The van der Waals surface area contributed by atoms with Crippen molar-refractivity contribution in [1.82, 2.24) is 0 Å². The van der Waals surface area contributed by atoms with E-state index in [1.807, 2.05) is 6.92 Å². The van der Waals surface area contributed by atoms with Crippen LogP contribution in [0.2, 0.25) is 0 Å². The average Bonchev–Trinajstić information content (AvgIpc) is 3.02. The van der Waals surface area contributed by atoms with E-state index >= 15 is 0 Å². The van der Waals surface area contributed by atoms with Crippen LogP contribution in [-0.4, -0.2) is 109 Å². The van der Waals surface area contributed by atoms with Gasteiger partial charge in [-0.1, -0.05) is 13.3 Å². The molecule has 2 bridgehead atoms. The quantitative estimate of drug-likeness (QED) is 0.195. The smallest absolute Gasteiger partial charge is 0.314 e. The van der Waals surface area contributed by atoms with E-state index in [9.17, 15) is 45.6 Å². The molecule has 0 aromatic heterocycles.